The summed E-state index contributed by atoms with van der Waals surface area (Å²) in [5, 5.41) is 3.85. The number of carbonyl (C=O) groups excluding carboxylic acids is 1. The van der Waals surface area contributed by atoms with Gasteiger partial charge >= 0.3 is 0 Å². The second kappa shape index (κ2) is 6.57. The molecule has 2 N–H and O–H groups in total. The van der Waals surface area contributed by atoms with Crippen molar-refractivity contribution in [3.8, 4) is 17.0 Å². The zero-order valence-corrected chi connectivity index (χ0v) is 13.3. The van der Waals surface area contributed by atoms with Crippen molar-refractivity contribution in [2.75, 3.05) is 14.2 Å². The lowest BCUT2D eigenvalue weighted by Gasteiger charge is -2.06. The number of aromatic amines is 1. The maximum atomic E-state index is 11.6. The third-order valence-corrected chi connectivity index (χ3v) is 4.07. The molecule has 3 rings (SSSR count). The van der Waals surface area contributed by atoms with Crippen LogP contribution in [0.25, 0.3) is 22.2 Å². The summed E-state index contributed by atoms with van der Waals surface area (Å²) >= 11 is 0. The summed E-state index contributed by atoms with van der Waals surface area (Å²) in [5.41, 5.74) is 4.42. The highest BCUT2D eigenvalue weighted by Crippen LogP contribution is 2.32. The number of aryl methyl sites for hydroxylation is 1. The molecule has 0 unspecified atom stereocenters. The first-order chi connectivity index (χ1) is 11.2. The van der Waals surface area contributed by atoms with E-state index in [4.69, 9.17) is 4.74 Å². The van der Waals surface area contributed by atoms with Crippen molar-refractivity contribution in [1.82, 2.24) is 10.3 Å². The van der Waals surface area contributed by atoms with Crippen LogP contribution in [0.15, 0.2) is 48.5 Å². The van der Waals surface area contributed by atoms with Gasteiger partial charge in [-0.1, -0.05) is 18.2 Å². The number of hydrogen-bond donors (Lipinski definition) is 2. The van der Waals surface area contributed by atoms with Crippen molar-refractivity contribution in [3.05, 3.63) is 54.1 Å². The SMILES string of the molecule is CNC(=O)CCc1c(-c2ccc(OC)cc2)[nH]c2ccccc12. The molecule has 2 aromatic carbocycles. The van der Waals surface area contributed by atoms with Crippen LogP contribution in [-0.2, 0) is 11.2 Å². The fourth-order valence-corrected chi connectivity index (χ4v) is 2.83. The van der Waals surface area contributed by atoms with Crippen LogP contribution >= 0.6 is 0 Å². The van der Waals surface area contributed by atoms with E-state index in [0.29, 0.717) is 12.8 Å². The Morgan fingerprint density at radius 1 is 1.13 bits per heavy atom. The molecule has 0 aliphatic carbocycles. The van der Waals surface area contributed by atoms with E-state index in [1.54, 1.807) is 14.2 Å². The minimum Gasteiger partial charge on any atom is -0.497 e. The zero-order chi connectivity index (χ0) is 16.2. The number of hydrogen-bond acceptors (Lipinski definition) is 2. The first-order valence-corrected chi connectivity index (χ1v) is 7.67. The summed E-state index contributed by atoms with van der Waals surface area (Å²) in [4.78, 5) is 15.1. The van der Waals surface area contributed by atoms with Crippen LogP contribution in [0.2, 0.25) is 0 Å². The highest BCUT2D eigenvalue weighted by Gasteiger charge is 2.14. The Hall–Kier alpha value is -2.75. The number of fused-ring (bicyclic) bond motifs is 1. The van der Waals surface area contributed by atoms with E-state index in [-0.39, 0.29) is 5.91 Å². The van der Waals surface area contributed by atoms with Gasteiger partial charge in [0.2, 0.25) is 5.91 Å². The average Bonchev–Trinajstić information content (AvgIpc) is 2.98. The Balaban J connectivity index is 2.05. The molecular weight excluding hydrogens is 288 g/mol. The van der Waals surface area contributed by atoms with Crippen LogP contribution in [0.1, 0.15) is 12.0 Å². The van der Waals surface area contributed by atoms with E-state index in [2.05, 4.69) is 22.4 Å². The molecule has 0 saturated carbocycles. The number of benzene rings is 2. The van der Waals surface area contributed by atoms with E-state index in [1.165, 1.54) is 10.9 Å². The predicted octanol–water partition coefficient (Wildman–Crippen LogP) is 3.52. The van der Waals surface area contributed by atoms with Gasteiger partial charge in [-0.2, -0.15) is 0 Å². The molecule has 0 bridgehead atoms. The first-order valence-electron chi connectivity index (χ1n) is 7.67. The summed E-state index contributed by atoms with van der Waals surface area (Å²) < 4.78 is 5.22. The van der Waals surface area contributed by atoms with Gasteiger partial charge in [0, 0.05) is 30.1 Å². The smallest absolute Gasteiger partial charge is 0.220 e. The Bertz CT molecular complexity index is 819. The fourth-order valence-electron chi connectivity index (χ4n) is 2.83. The van der Waals surface area contributed by atoms with Gasteiger partial charge in [0.05, 0.1) is 7.11 Å². The number of carbonyl (C=O) groups is 1. The summed E-state index contributed by atoms with van der Waals surface area (Å²) in [6.07, 6.45) is 1.17. The fraction of sp³-hybridized carbons (Fsp3) is 0.211. The topological polar surface area (TPSA) is 54.1 Å². The normalized spacial score (nSPS) is 10.7. The number of ether oxygens (including phenoxy) is 1. The van der Waals surface area contributed by atoms with E-state index >= 15 is 0 Å². The summed E-state index contributed by atoms with van der Waals surface area (Å²) in [5.74, 6) is 0.882. The Labute approximate surface area is 135 Å². The molecule has 0 saturated heterocycles. The second-order valence-electron chi connectivity index (χ2n) is 5.43. The number of amides is 1. The number of nitrogens with one attached hydrogen (secondary N) is 2. The highest BCUT2D eigenvalue weighted by molar-refractivity contribution is 5.91. The predicted molar refractivity (Wildman–Crippen MR) is 92.7 cm³/mol. The van der Waals surface area contributed by atoms with Gasteiger partial charge in [-0.25, -0.2) is 0 Å². The number of methoxy groups -OCH3 is 1. The molecule has 0 aliphatic heterocycles. The summed E-state index contributed by atoms with van der Waals surface area (Å²) in [7, 11) is 3.33. The molecule has 1 amide bonds. The van der Waals surface area contributed by atoms with Gasteiger partial charge in [0.15, 0.2) is 0 Å². The Morgan fingerprint density at radius 3 is 2.57 bits per heavy atom. The number of para-hydroxylation sites is 1. The molecule has 4 nitrogen and oxygen atoms in total. The molecule has 1 aromatic heterocycles. The van der Waals surface area contributed by atoms with Crippen molar-refractivity contribution in [3.63, 3.8) is 0 Å². The Kier molecular flexibility index (Phi) is 4.33. The van der Waals surface area contributed by atoms with Gasteiger partial charge in [-0.05, 0) is 47.9 Å². The molecule has 4 heteroatoms. The van der Waals surface area contributed by atoms with E-state index in [0.717, 1.165) is 22.5 Å². The molecule has 0 radical (unpaired) electrons. The quantitative estimate of drug-likeness (QED) is 0.757. The first kappa shape index (κ1) is 15.2. The summed E-state index contributed by atoms with van der Waals surface area (Å²) in [6, 6.07) is 16.2. The van der Waals surface area contributed by atoms with Gasteiger partial charge in [-0.3, -0.25) is 4.79 Å². The van der Waals surface area contributed by atoms with Gasteiger partial charge in [0.1, 0.15) is 5.75 Å². The minimum absolute atomic E-state index is 0.0518. The number of H-pyrrole nitrogens is 1. The van der Waals surface area contributed by atoms with Crippen LogP contribution in [0.5, 0.6) is 5.75 Å². The van der Waals surface area contributed by atoms with Gasteiger partial charge in [0.25, 0.3) is 0 Å². The third-order valence-electron chi connectivity index (χ3n) is 4.07. The number of rotatable bonds is 5. The van der Waals surface area contributed by atoms with E-state index < -0.39 is 0 Å². The van der Waals surface area contributed by atoms with Crippen molar-refractivity contribution < 1.29 is 9.53 Å². The lowest BCUT2D eigenvalue weighted by molar-refractivity contribution is -0.120. The van der Waals surface area contributed by atoms with E-state index in [1.807, 2.05) is 36.4 Å². The van der Waals surface area contributed by atoms with Gasteiger partial charge < -0.3 is 15.0 Å². The zero-order valence-electron chi connectivity index (χ0n) is 13.3. The molecule has 118 valence electrons. The Morgan fingerprint density at radius 2 is 1.87 bits per heavy atom. The average molecular weight is 308 g/mol. The van der Waals surface area contributed by atoms with Crippen LogP contribution < -0.4 is 10.1 Å². The molecule has 0 fully saturated rings. The van der Waals surface area contributed by atoms with Crippen molar-refractivity contribution in [2.24, 2.45) is 0 Å². The molecule has 1 heterocycles. The summed E-state index contributed by atoms with van der Waals surface area (Å²) in [6.45, 7) is 0. The van der Waals surface area contributed by atoms with E-state index in [9.17, 15) is 4.79 Å². The monoisotopic (exact) mass is 308 g/mol. The van der Waals surface area contributed by atoms with Gasteiger partial charge in [-0.15, -0.1) is 0 Å². The molecule has 23 heavy (non-hydrogen) atoms. The lowest BCUT2D eigenvalue weighted by Crippen LogP contribution is -2.18. The van der Waals surface area contributed by atoms with Crippen LogP contribution in [-0.4, -0.2) is 25.0 Å². The highest BCUT2D eigenvalue weighted by atomic mass is 16.5. The lowest BCUT2D eigenvalue weighted by atomic mass is 10.0. The molecular formula is C19H20N2O2. The van der Waals surface area contributed by atoms with Crippen LogP contribution in [0, 0.1) is 0 Å². The standard InChI is InChI=1S/C19H20N2O2/c1-20-18(22)12-11-16-15-5-3-4-6-17(15)21-19(16)13-7-9-14(23-2)10-8-13/h3-10,21H,11-12H2,1-2H3,(H,20,22). The largest absolute Gasteiger partial charge is 0.497 e. The number of aromatic nitrogens is 1. The minimum atomic E-state index is 0.0518. The maximum Gasteiger partial charge on any atom is 0.220 e. The van der Waals surface area contributed by atoms with Crippen molar-refractivity contribution in [2.45, 2.75) is 12.8 Å². The molecule has 3 aromatic rings. The molecule has 0 aliphatic rings. The second-order valence-corrected chi connectivity index (χ2v) is 5.43. The third kappa shape index (κ3) is 3.06. The molecule has 0 spiro atoms. The maximum absolute atomic E-state index is 11.6. The van der Waals surface area contributed by atoms with Crippen LogP contribution in [0.3, 0.4) is 0 Å². The molecule has 0 atom stereocenters. The van der Waals surface area contributed by atoms with Crippen LogP contribution in [0.4, 0.5) is 0 Å². The van der Waals surface area contributed by atoms with Crippen molar-refractivity contribution >= 4 is 16.8 Å². The van der Waals surface area contributed by atoms with Crippen molar-refractivity contribution in [1.29, 1.82) is 0 Å².